The van der Waals surface area contributed by atoms with Crippen molar-refractivity contribution < 1.29 is 13.9 Å². The van der Waals surface area contributed by atoms with Crippen molar-refractivity contribution in [1.29, 1.82) is 0 Å². The van der Waals surface area contributed by atoms with Crippen LogP contribution in [0.2, 0.25) is 0 Å². The summed E-state index contributed by atoms with van der Waals surface area (Å²) < 4.78 is 18.7. The van der Waals surface area contributed by atoms with Gasteiger partial charge in [0.05, 0.1) is 24.0 Å². The number of amides is 1. The van der Waals surface area contributed by atoms with E-state index in [1.54, 1.807) is 18.2 Å². The van der Waals surface area contributed by atoms with E-state index in [4.69, 9.17) is 22.1 Å². The zero-order valence-electron chi connectivity index (χ0n) is 14.9. The smallest absolute Gasteiger partial charge is 0.248 e. The van der Waals surface area contributed by atoms with Crippen LogP contribution in [-0.2, 0) is 4.79 Å². The third kappa shape index (κ3) is 4.29. The van der Waals surface area contributed by atoms with E-state index in [-0.39, 0.29) is 17.5 Å². The molecule has 0 bridgehead atoms. The van der Waals surface area contributed by atoms with Gasteiger partial charge in [-0.25, -0.2) is 14.4 Å². The van der Waals surface area contributed by atoms with E-state index in [1.807, 2.05) is 0 Å². The van der Waals surface area contributed by atoms with E-state index in [0.29, 0.717) is 33.8 Å². The Hall–Kier alpha value is -3.39. The topological polar surface area (TPSA) is 102 Å². The summed E-state index contributed by atoms with van der Waals surface area (Å²) in [5.41, 5.74) is 7.23. The number of ether oxygens (including phenoxy) is 1. The molecule has 0 saturated heterocycles. The number of fused-ring (bicyclic) bond motifs is 1. The van der Waals surface area contributed by atoms with Crippen molar-refractivity contribution in [3.05, 3.63) is 54.6 Å². The maximum atomic E-state index is 13.4. The highest BCUT2D eigenvalue weighted by Gasteiger charge is 2.12. The summed E-state index contributed by atoms with van der Waals surface area (Å²) in [7, 11) is 1.49. The van der Waals surface area contributed by atoms with Gasteiger partial charge in [-0.15, -0.1) is 11.6 Å². The fourth-order valence-corrected chi connectivity index (χ4v) is 2.62. The van der Waals surface area contributed by atoms with Crippen molar-refractivity contribution in [2.45, 2.75) is 0 Å². The summed E-state index contributed by atoms with van der Waals surface area (Å²) in [4.78, 5) is 20.5. The van der Waals surface area contributed by atoms with Gasteiger partial charge in [-0.2, -0.15) is 0 Å². The normalized spacial score (nSPS) is 11.0. The molecule has 3 rings (SSSR count). The van der Waals surface area contributed by atoms with Gasteiger partial charge in [-0.1, -0.05) is 6.08 Å². The van der Waals surface area contributed by atoms with Crippen LogP contribution < -0.4 is 21.1 Å². The number of benzene rings is 2. The van der Waals surface area contributed by atoms with Crippen LogP contribution >= 0.6 is 11.6 Å². The number of nitrogens with two attached hydrogens (primary N) is 1. The van der Waals surface area contributed by atoms with Crippen LogP contribution in [0.25, 0.3) is 10.9 Å². The molecule has 4 N–H and O–H groups in total. The summed E-state index contributed by atoms with van der Waals surface area (Å²) in [6, 6.07) is 7.64. The molecule has 1 heterocycles. The molecule has 0 radical (unpaired) electrons. The Morgan fingerprint density at radius 3 is 2.86 bits per heavy atom. The predicted molar refractivity (Wildman–Crippen MR) is 109 cm³/mol. The molecule has 1 amide bonds. The minimum absolute atomic E-state index is 0.0176. The van der Waals surface area contributed by atoms with Gasteiger partial charge >= 0.3 is 0 Å². The lowest BCUT2D eigenvalue weighted by molar-refractivity contribution is -0.111. The third-order valence-corrected chi connectivity index (χ3v) is 4.01. The first-order valence-corrected chi connectivity index (χ1v) is 8.73. The number of nitrogens with one attached hydrogen (secondary N) is 2. The number of carbonyl (C=O) groups excluding carboxylic acids is 1. The molecular formula is C19H17ClFN5O2. The van der Waals surface area contributed by atoms with E-state index in [1.165, 1.54) is 37.7 Å². The second-order valence-electron chi connectivity index (χ2n) is 5.70. The molecule has 0 spiro atoms. The Morgan fingerprint density at radius 1 is 1.32 bits per heavy atom. The van der Waals surface area contributed by atoms with E-state index in [0.717, 1.165) is 0 Å². The van der Waals surface area contributed by atoms with Crippen LogP contribution in [-0.4, -0.2) is 28.9 Å². The monoisotopic (exact) mass is 401 g/mol. The largest absolute Gasteiger partial charge is 0.494 e. The molecule has 0 unspecified atom stereocenters. The van der Waals surface area contributed by atoms with E-state index < -0.39 is 5.82 Å². The Morgan fingerprint density at radius 2 is 2.14 bits per heavy atom. The van der Waals surface area contributed by atoms with Gasteiger partial charge in [0.25, 0.3) is 0 Å². The number of hydrogen-bond donors (Lipinski definition) is 3. The summed E-state index contributed by atoms with van der Waals surface area (Å²) in [6.07, 6.45) is 4.25. The molecule has 0 aliphatic heterocycles. The number of alkyl halides is 1. The summed E-state index contributed by atoms with van der Waals surface area (Å²) in [6.45, 7) is 0. The summed E-state index contributed by atoms with van der Waals surface area (Å²) >= 11 is 5.56. The number of hydrogen-bond acceptors (Lipinski definition) is 6. The number of allylic oxidation sites excluding steroid dienone is 1. The van der Waals surface area contributed by atoms with Crippen LogP contribution in [0.3, 0.4) is 0 Å². The second kappa shape index (κ2) is 8.53. The van der Waals surface area contributed by atoms with Crippen molar-refractivity contribution >= 4 is 51.3 Å². The van der Waals surface area contributed by atoms with Gasteiger partial charge < -0.3 is 21.1 Å². The van der Waals surface area contributed by atoms with Gasteiger partial charge in [0.2, 0.25) is 5.91 Å². The number of rotatable bonds is 6. The van der Waals surface area contributed by atoms with Crippen LogP contribution in [0.1, 0.15) is 0 Å². The fraction of sp³-hybridized carbons (Fsp3) is 0.105. The minimum Gasteiger partial charge on any atom is -0.494 e. The van der Waals surface area contributed by atoms with E-state index >= 15 is 0 Å². The Bertz CT molecular complexity index is 1060. The van der Waals surface area contributed by atoms with Gasteiger partial charge in [-0.05, 0) is 24.3 Å². The first-order valence-electron chi connectivity index (χ1n) is 8.20. The molecule has 28 heavy (non-hydrogen) atoms. The fourth-order valence-electron chi connectivity index (χ4n) is 2.53. The highest BCUT2D eigenvalue weighted by Crippen LogP contribution is 2.33. The lowest BCUT2D eigenvalue weighted by Gasteiger charge is -2.13. The lowest BCUT2D eigenvalue weighted by Crippen LogP contribution is -2.09. The average molecular weight is 402 g/mol. The highest BCUT2D eigenvalue weighted by molar-refractivity contribution is 6.19. The Kier molecular flexibility index (Phi) is 5.90. The van der Waals surface area contributed by atoms with Crippen molar-refractivity contribution in [3.8, 4) is 5.75 Å². The molecule has 7 nitrogen and oxygen atoms in total. The van der Waals surface area contributed by atoms with Crippen molar-refractivity contribution in [1.82, 2.24) is 9.97 Å². The van der Waals surface area contributed by atoms with Crippen LogP contribution in [0, 0.1) is 5.82 Å². The minimum atomic E-state index is -0.502. The molecule has 9 heteroatoms. The van der Waals surface area contributed by atoms with Gasteiger partial charge in [-0.3, -0.25) is 4.79 Å². The quantitative estimate of drug-likeness (QED) is 0.329. The molecular weight excluding hydrogens is 385 g/mol. The molecule has 1 aromatic heterocycles. The molecule has 0 aliphatic rings. The number of methoxy groups -OCH3 is 1. The van der Waals surface area contributed by atoms with Crippen molar-refractivity contribution in [2.75, 3.05) is 29.4 Å². The van der Waals surface area contributed by atoms with Gasteiger partial charge in [0, 0.05) is 29.1 Å². The first-order chi connectivity index (χ1) is 13.5. The number of anilines is 4. The molecule has 144 valence electrons. The number of aromatic nitrogens is 2. The maximum Gasteiger partial charge on any atom is 0.248 e. The molecule has 3 aromatic rings. The maximum absolute atomic E-state index is 13.4. The van der Waals surface area contributed by atoms with Gasteiger partial charge in [0.1, 0.15) is 23.7 Å². The molecule has 0 aliphatic carbocycles. The molecule has 0 atom stereocenters. The van der Waals surface area contributed by atoms with Crippen LogP contribution in [0.4, 0.5) is 27.3 Å². The number of carbonyl (C=O) groups is 1. The standard InChI is InChI=1S/C19H17ClFN5O2/c1-28-17-9-15-12(8-16(17)26-18(27)3-2-6-20)19(24-10-23-15)25-11-4-5-13(21)14(22)7-11/h2-5,7-10H,6,22H2,1H3,(H,26,27)(H,23,24,25). The zero-order valence-corrected chi connectivity index (χ0v) is 15.6. The molecule has 0 saturated carbocycles. The van der Waals surface area contributed by atoms with Gasteiger partial charge in [0.15, 0.2) is 0 Å². The zero-order chi connectivity index (χ0) is 20.1. The predicted octanol–water partition coefficient (Wildman–Crippen LogP) is 3.84. The third-order valence-electron chi connectivity index (χ3n) is 3.83. The van der Waals surface area contributed by atoms with E-state index in [2.05, 4.69) is 20.6 Å². The Labute approximate surface area is 165 Å². The summed E-state index contributed by atoms with van der Waals surface area (Å²) in [5, 5.41) is 6.45. The second-order valence-corrected chi connectivity index (χ2v) is 6.01. The van der Waals surface area contributed by atoms with Crippen molar-refractivity contribution in [2.24, 2.45) is 0 Å². The number of halogens is 2. The van der Waals surface area contributed by atoms with Crippen molar-refractivity contribution in [3.63, 3.8) is 0 Å². The summed E-state index contributed by atoms with van der Waals surface area (Å²) in [5.74, 6) is 0.278. The molecule has 0 fully saturated rings. The SMILES string of the molecule is COc1cc2ncnc(Nc3ccc(F)c(N)c3)c2cc1NC(=O)C=CCCl. The highest BCUT2D eigenvalue weighted by atomic mass is 35.5. The van der Waals surface area contributed by atoms with E-state index in [9.17, 15) is 9.18 Å². The van der Waals surface area contributed by atoms with Crippen LogP contribution in [0.5, 0.6) is 5.75 Å². The molecule has 2 aromatic carbocycles. The number of nitrogen functional groups attached to an aromatic ring is 1. The lowest BCUT2D eigenvalue weighted by atomic mass is 10.1. The first kappa shape index (κ1) is 19.4. The number of nitrogens with zero attached hydrogens (tertiary/aromatic N) is 2. The van der Waals surface area contributed by atoms with Crippen LogP contribution in [0.15, 0.2) is 48.8 Å². The average Bonchev–Trinajstić information content (AvgIpc) is 2.69. The Balaban J connectivity index is 2.01.